The highest BCUT2D eigenvalue weighted by Gasteiger charge is 2.19. The second-order valence-corrected chi connectivity index (χ2v) is 8.25. The first-order valence-corrected chi connectivity index (χ1v) is 10.3. The number of nitrogens with one attached hydrogen (secondary N) is 1. The van der Waals surface area contributed by atoms with Crippen molar-refractivity contribution in [2.24, 2.45) is 0 Å². The molecule has 3 heterocycles. The van der Waals surface area contributed by atoms with E-state index in [0.717, 1.165) is 10.9 Å². The Kier molecular flexibility index (Phi) is 4.47. The van der Waals surface area contributed by atoms with Gasteiger partial charge in [0.15, 0.2) is 17.0 Å². The highest BCUT2D eigenvalue weighted by atomic mass is 35.5. The number of hydrogen-bond acceptors (Lipinski definition) is 7. The largest absolute Gasteiger partial charge is 0.306 e. The van der Waals surface area contributed by atoms with E-state index in [2.05, 4.69) is 20.1 Å². The van der Waals surface area contributed by atoms with Gasteiger partial charge in [-0.15, -0.1) is 0 Å². The number of imidazole rings is 1. The van der Waals surface area contributed by atoms with Gasteiger partial charge in [-0.3, -0.25) is 9.52 Å². The van der Waals surface area contributed by atoms with Gasteiger partial charge in [0.05, 0.1) is 23.8 Å². The number of aromatic nitrogens is 6. The van der Waals surface area contributed by atoms with E-state index in [4.69, 9.17) is 11.6 Å². The lowest BCUT2D eigenvalue weighted by atomic mass is 10.2. The summed E-state index contributed by atoms with van der Waals surface area (Å²) in [6.07, 6.45) is 3.07. The summed E-state index contributed by atoms with van der Waals surface area (Å²) in [6, 6.07) is 7.56. The SMILES string of the molecule is CCS(=O)(=O)NC(=O)Cn1cnc2c(-n3ncc4ccccc43)nc(Cl)nc21. The van der Waals surface area contributed by atoms with Crippen LogP contribution in [0.1, 0.15) is 6.92 Å². The third-order valence-corrected chi connectivity index (χ3v) is 5.53. The molecule has 0 aliphatic heterocycles. The van der Waals surface area contributed by atoms with Gasteiger partial charge in [0.1, 0.15) is 6.54 Å². The molecule has 1 amide bonds. The predicted molar refractivity (Wildman–Crippen MR) is 103 cm³/mol. The summed E-state index contributed by atoms with van der Waals surface area (Å²) in [5, 5.41) is 5.21. The van der Waals surface area contributed by atoms with Gasteiger partial charge < -0.3 is 4.57 Å². The van der Waals surface area contributed by atoms with Crippen LogP contribution in [0.5, 0.6) is 0 Å². The number of sulfonamides is 1. The van der Waals surface area contributed by atoms with Crippen LogP contribution in [-0.2, 0) is 21.4 Å². The van der Waals surface area contributed by atoms with Crippen molar-refractivity contribution in [3.05, 3.63) is 42.1 Å². The van der Waals surface area contributed by atoms with Crippen molar-refractivity contribution >= 4 is 49.6 Å². The average molecular weight is 420 g/mol. The third kappa shape index (κ3) is 3.29. The number of nitrogens with zero attached hydrogens (tertiary/aromatic N) is 6. The first-order valence-electron chi connectivity index (χ1n) is 8.23. The second kappa shape index (κ2) is 6.84. The van der Waals surface area contributed by atoms with Crippen molar-refractivity contribution in [3.8, 4) is 5.82 Å². The molecule has 0 atom stereocenters. The fourth-order valence-corrected chi connectivity index (χ4v) is 3.46. The highest BCUT2D eigenvalue weighted by Crippen LogP contribution is 2.23. The molecule has 1 N–H and O–H groups in total. The molecule has 10 nitrogen and oxygen atoms in total. The summed E-state index contributed by atoms with van der Waals surface area (Å²) < 4.78 is 28.1. The molecule has 4 aromatic rings. The minimum absolute atomic E-state index is 0.0505. The highest BCUT2D eigenvalue weighted by molar-refractivity contribution is 7.90. The molecular weight excluding hydrogens is 406 g/mol. The Morgan fingerprint density at radius 3 is 2.82 bits per heavy atom. The van der Waals surface area contributed by atoms with Gasteiger partial charge in [-0.05, 0) is 24.6 Å². The van der Waals surface area contributed by atoms with E-state index in [9.17, 15) is 13.2 Å². The number of carbonyl (C=O) groups is 1. The van der Waals surface area contributed by atoms with Crippen LogP contribution in [0.4, 0.5) is 0 Å². The molecular formula is C16H14ClN7O3S. The standard InChI is InChI=1S/C16H14ClN7O3S/c1-2-28(26,27)22-12(25)8-23-9-18-13-14(23)20-16(17)21-15(13)24-11-6-4-3-5-10(11)7-19-24/h3-7,9H,2,8H2,1H3,(H,22,25). The third-order valence-electron chi connectivity index (χ3n) is 4.06. The number of hydrogen-bond donors (Lipinski definition) is 1. The van der Waals surface area contributed by atoms with Crippen LogP contribution < -0.4 is 4.72 Å². The minimum atomic E-state index is -3.66. The van der Waals surface area contributed by atoms with Gasteiger partial charge >= 0.3 is 0 Å². The number of carbonyl (C=O) groups excluding carboxylic acids is 1. The van der Waals surface area contributed by atoms with E-state index in [-0.39, 0.29) is 17.6 Å². The average Bonchev–Trinajstić information content (AvgIpc) is 3.25. The summed E-state index contributed by atoms with van der Waals surface area (Å²) in [7, 11) is -3.66. The van der Waals surface area contributed by atoms with Gasteiger partial charge in [-0.25, -0.2) is 18.1 Å². The van der Waals surface area contributed by atoms with Crippen molar-refractivity contribution in [2.75, 3.05) is 5.75 Å². The van der Waals surface area contributed by atoms with Crippen molar-refractivity contribution in [1.82, 2.24) is 34.0 Å². The quantitative estimate of drug-likeness (QED) is 0.483. The zero-order valence-corrected chi connectivity index (χ0v) is 16.1. The maximum absolute atomic E-state index is 12.1. The Morgan fingerprint density at radius 2 is 2.04 bits per heavy atom. The molecule has 12 heteroatoms. The fraction of sp³-hybridized carbons (Fsp3) is 0.188. The molecule has 144 valence electrons. The monoisotopic (exact) mass is 419 g/mol. The van der Waals surface area contributed by atoms with E-state index in [1.54, 1.807) is 10.9 Å². The lowest BCUT2D eigenvalue weighted by Crippen LogP contribution is -2.34. The summed E-state index contributed by atoms with van der Waals surface area (Å²) in [5.74, 6) is -0.549. The van der Waals surface area contributed by atoms with Crippen LogP contribution in [-0.4, -0.2) is 49.4 Å². The number of fused-ring (bicyclic) bond motifs is 2. The topological polar surface area (TPSA) is 125 Å². The maximum Gasteiger partial charge on any atom is 0.253 e. The molecule has 0 aliphatic rings. The van der Waals surface area contributed by atoms with E-state index in [1.165, 1.54) is 17.8 Å². The number of halogens is 1. The van der Waals surface area contributed by atoms with Crippen molar-refractivity contribution in [1.29, 1.82) is 0 Å². The summed E-state index contributed by atoms with van der Waals surface area (Å²) in [4.78, 5) is 24.7. The smallest absolute Gasteiger partial charge is 0.253 e. The van der Waals surface area contributed by atoms with Gasteiger partial charge in [0, 0.05) is 5.39 Å². The number of benzene rings is 1. The van der Waals surface area contributed by atoms with Crippen LogP contribution >= 0.6 is 11.6 Å². The predicted octanol–water partition coefficient (Wildman–Crippen LogP) is 1.28. The first kappa shape index (κ1) is 18.3. The molecule has 0 fully saturated rings. The van der Waals surface area contributed by atoms with Crippen molar-refractivity contribution in [2.45, 2.75) is 13.5 Å². The lowest BCUT2D eigenvalue weighted by Gasteiger charge is -2.07. The van der Waals surface area contributed by atoms with Gasteiger partial charge in [0.25, 0.3) is 5.91 Å². The zero-order valence-electron chi connectivity index (χ0n) is 14.6. The second-order valence-electron chi connectivity index (χ2n) is 5.90. The Hall–Kier alpha value is -3.05. The van der Waals surface area contributed by atoms with Crippen LogP contribution in [0.25, 0.3) is 27.9 Å². The molecule has 1 aromatic carbocycles. The van der Waals surface area contributed by atoms with E-state index in [1.807, 2.05) is 29.0 Å². The molecule has 3 aromatic heterocycles. The molecule has 0 unspecified atom stereocenters. The minimum Gasteiger partial charge on any atom is -0.306 e. The van der Waals surface area contributed by atoms with Gasteiger partial charge in [0.2, 0.25) is 15.3 Å². The van der Waals surface area contributed by atoms with Crippen LogP contribution in [0.2, 0.25) is 5.28 Å². The molecule has 0 aliphatic carbocycles. The molecule has 4 rings (SSSR count). The molecule has 0 bridgehead atoms. The summed E-state index contributed by atoms with van der Waals surface area (Å²) >= 11 is 6.09. The van der Waals surface area contributed by atoms with Crippen LogP contribution in [0, 0.1) is 0 Å². The molecule has 28 heavy (non-hydrogen) atoms. The molecule has 0 radical (unpaired) electrons. The van der Waals surface area contributed by atoms with Crippen LogP contribution in [0.15, 0.2) is 36.8 Å². The van der Waals surface area contributed by atoms with Gasteiger partial charge in [-0.1, -0.05) is 18.2 Å². The fourth-order valence-electron chi connectivity index (χ4n) is 2.74. The van der Waals surface area contributed by atoms with E-state index in [0.29, 0.717) is 17.0 Å². The molecule has 0 saturated heterocycles. The number of amides is 1. The maximum atomic E-state index is 12.1. The summed E-state index contributed by atoms with van der Waals surface area (Å²) in [5.41, 5.74) is 1.47. The Balaban J connectivity index is 1.78. The van der Waals surface area contributed by atoms with E-state index >= 15 is 0 Å². The normalized spacial score (nSPS) is 11.9. The van der Waals surface area contributed by atoms with Gasteiger partial charge in [-0.2, -0.15) is 15.1 Å². The Labute approximate surface area is 164 Å². The first-order chi connectivity index (χ1) is 13.4. The van der Waals surface area contributed by atoms with Crippen molar-refractivity contribution < 1.29 is 13.2 Å². The van der Waals surface area contributed by atoms with Crippen LogP contribution in [0.3, 0.4) is 0 Å². The number of para-hydroxylation sites is 1. The van der Waals surface area contributed by atoms with E-state index < -0.39 is 15.9 Å². The Bertz CT molecular complexity index is 1310. The number of rotatable bonds is 5. The summed E-state index contributed by atoms with van der Waals surface area (Å²) in [6.45, 7) is 1.15. The molecule has 0 saturated carbocycles. The lowest BCUT2D eigenvalue weighted by molar-refractivity contribution is -0.119. The Morgan fingerprint density at radius 1 is 1.25 bits per heavy atom. The zero-order chi connectivity index (χ0) is 19.9. The van der Waals surface area contributed by atoms with Crippen molar-refractivity contribution in [3.63, 3.8) is 0 Å². The molecule has 0 spiro atoms.